The van der Waals surface area contributed by atoms with E-state index in [1.54, 1.807) is 0 Å². The van der Waals surface area contributed by atoms with Crippen LogP contribution in [0.2, 0.25) is 0 Å². The number of nitrogens with one attached hydrogen (secondary N) is 1. The monoisotopic (exact) mass is 258 g/mol. The van der Waals surface area contributed by atoms with Crippen molar-refractivity contribution in [2.45, 2.75) is 26.3 Å². The Labute approximate surface area is 115 Å². The van der Waals surface area contributed by atoms with Gasteiger partial charge in [0.1, 0.15) is 0 Å². The van der Waals surface area contributed by atoms with Gasteiger partial charge in [-0.15, -0.1) is 0 Å². The topological polar surface area (TPSA) is 32.3 Å². The maximum Gasteiger partial charge on any atom is 0.254 e. The van der Waals surface area contributed by atoms with E-state index in [9.17, 15) is 4.79 Å². The van der Waals surface area contributed by atoms with Crippen LogP contribution in [-0.4, -0.2) is 36.5 Å². The molecule has 102 valence electrons. The molecule has 2 saturated heterocycles. The van der Waals surface area contributed by atoms with E-state index in [1.807, 2.05) is 31.2 Å². The number of rotatable bonds is 2. The maximum atomic E-state index is 12.8. The summed E-state index contributed by atoms with van der Waals surface area (Å²) >= 11 is 0. The van der Waals surface area contributed by atoms with Gasteiger partial charge in [-0.05, 0) is 36.8 Å². The quantitative estimate of drug-likeness (QED) is 0.880. The molecule has 2 aliphatic rings. The van der Waals surface area contributed by atoms with Gasteiger partial charge in [-0.25, -0.2) is 0 Å². The average molecular weight is 258 g/mol. The Bertz CT molecular complexity index is 485. The molecule has 0 bridgehead atoms. The zero-order valence-electron chi connectivity index (χ0n) is 11.7. The second kappa shape index (κ2) is 4.97. The molecule has 0 spiro atoms. The van der Waals surface area contributed by atoms with Crippen LogP contribution in [0.5, 0.6) is 0 Å². The Morgan fingerprint density at radius 1 is 1.37 bits per heavy atom. The summed E-state index contributed by atoms with van der Waals surface area (Å²) in [5.74, 6) is 1.52. The first-order valence-electron chi connectivity index (χ1n) is 7.29. The molecule has 0 radical (unpaired) electrons. The molecule has 19 heavy (non-hydrogen) atoms. The number of carbonyl (C=O) groups excluding carboxylic acids is 1. The summed E-state index contributed by atoms with van der Waals surface area (Å²) in [4.78, 5) is 14.9. The minimum Gasteiger partial charge on any atom is -0.335 e. The SMILES string of the molecule is CCC1C2CNCC2CN1C(=O)c1ccccc1C. The molecule has 2 fully saturated rings. The molecule has 3 rings (SSSR count). The zero-order valence-corrected chi connectivity index (χ0v) is 11.7. The summed E-state index contributed by atoms with van der Waals surface area (Å²) < 4.78 is 0. The van der Waals surface area contributed by atoms with Crippen molar-refractivity contribution in [3.05, 3.63) is 35.4 Å². The fourth-order valence-corrected chi connectivity index (χ4v) is 3.75. The molecule has 3 nitrogen and oxygen atoms in total. The van der Waals surface area contributed by atoms with E-state index in [0.717, 1.165) is 37.2 Å². The van der Waals surface area contributed by atoms with Crippen LogP contribution in [0.1, 0.15) is 29.3 Å². The second-order valence-corrected chi connectivity index (χ2v) is 5.83. The number of benzene rings is 1. The van der Waals surface area contributed by atoms with Crippen molar-refractivity contribution in [2.24, 2.45) is 11.8 Å². The molecule has 2 heterocycles. The third-order valence-corrected chi connectivity index (χ3v) is 4.77. The van der Waals surface area contributed by atoms with Crippen molar-refractivity contribution < 1.29 is 4.79 Å². The maximum absolute atomic E-state index is 12.8. The number of hydrogen-bond acceptors (Lipinski definition) is 2. The largest absolute Gasteiger partial charge is 0.335 e. The van der Waals surface area contributed by atoms with Crippen LogP contribution < -0.4 is 5.32 Å². The minimum absolute atomic E-state index is 0.222. The summed E-state index contributed by atoms with van der Waals surface area (Å²) in [6.07, 6.45) is 1.06. The van der Waals surface area contributed by atoms with Crippen LogP contribution in [0.15, 0.2) is 24.3 Å². The summed E-state index contributed by atoms with van der Waals surface area (Å²) in [6.45, 7) is 7.28. The average Bonchev–Trinajstić information content (AvgIpc) is 2.98. The molecule has 3 atom stereocenters. The number of fused-ring (bicyclic) bond motifs is 1. The lowest BCUT2D eigenvalue weighted by Crippen LogP contribution is -2.39. The van der Waals surface area contributed by atoms with E-state index >= 15 is 0 Å². The van der Waals surface area contributed by atoms with E-state index < -0.39 is 0 Å². The Morgan fingerprint density at radius 2 is 2.16 bits per heavy atom. The van der Waals surface area contributed by atoms with Crippen molar-refractivity contribution in [2.75, 3.05) is 19.6 Å². The minimum atomic E-state index is 0.222. The van der Waals surface area contributed by atoms with E-state index in [2.05, 4.69) is 17.1 Å². The lowest BCUT2D eigenvalue weighted by atomic mass is 9.93. The molecule has 3 heteroatoms. The van der Waals surface area contributed by atoms with Gasteiger partial charge in [-0.1, -0.05) is 25.1 Å². The number of amides is 1. The van der Waals surface area contributed by atoms with E-state index in [-0.39, 0.29) is 5.91 Å². The Hall–Kier alpha value is -1.35. The molecular formula is C16H22N2O. The van der Waals surface area contributed by atoms with Crippen molar-refractivity contribution in [3.63, 3.8) is 0 Å². The first-order chi connectivity index (χ1) is 9.22. The number of likely N-dealkylation sites (tertiary alicyclic amines) is 1. The highest BCUT2D eigenvalue weighted by molar-refractivity contribution is 5.96. The van der Waals surface area contributed by atoms with Gasteiger partial charge in [0, 0.05) is 31.2 Å². The van der Waals surface area contributed by atoms with Gasteiger partial charge in [0.2, 0.25) is 0 Å². The Kier molecular flexibility index (Phi) is 3.31. The summed E-state index contributed by atoms with van der Waals surface area (Å²) in [5, 5.41) is 3.46. The highest BCUT2D eigenvalue weighted by Gasteiger charge is 2.45. The highest BCUT2D eigenvalue weighted by atomic mass is 16.2. The molecular weight excluding hydrogens is 236 g/mol. The van der Waals surface area contributed by atoms with Crippen LogP contribution in [0.3, 0.4) is 0 Å². The predicted octanol–water partition coefficient (Wildman–Crippen LogP) is 2.07. The van der Waals surface area contributed by atoms with Gasteiger partial charge >= 0.3 is 0 Å². The number of hydrogen-bond donors (Lipinski definition) is 1. The van der Waals surface area contributed by atoms with Crippen molar-refractivity contribution >= 4 is 5.91 Å². The van der Waals surface area contributed by atoms with Gasteiger partial charge < -0.3 is 10.2 Å². The molecule has 1 aromatic carbocycles. The predicted molar refractivity (Wildman–Crippen MR) is 76.1 cm³/mol. The van der Waals surface area contributed by atoms with E-state index in [0.29, 0.717) is 17.9 Å². The number of nitrogens with zero attached hydrogens (tertiary/aromatic N) is 1. The fraction of sp³-hybridized carbons (Fsp3) is 0.562. The molecule has 2 aliphatic heterocycles. The summed E-state index contributed by atoms with van der Waals surface area (Å²) in [6, 6.07) is 8.34. The van der Waals surface area contributed by atoms with Crippen molar-refractivity contribution in [1.29, 1.82) is 0 Å². The van der Waals surface area contributed by atoms with E-state index in [4.69, 9.17) is 0 Å². The normalized spacial score (nSPS) is 29.6. The smallest absolute Gasteiger partial charge is 0.254 e. The molecule has 1 amide bonds. The van der Waals surface area contributed by atoms with Gasteiger partial charge in [0.25, 0.3) is 5.91 Å². The van der Waals surface area contributed by atoms with E-state index in [1.165, 1.54) is 0 Å². The van der Waals surface area contributed by atoms with Gasteiger partial charge in [0.15, 0.2) is 0 Å². The molecule has 0 aliphatic carbocycles. The second-order valence-electron chi connectivity index (χ2n) is 5.83. The third-order valence-electron chi connectivity index (χ3n) is 4.77. The molecule has 3 unspecified atom stereocenters. The van der Waals surface area contributed by atoms with Crippen LogP contribution in [0.25, 0.3) is 0 Å². The lowest BCUT2D eigenvalue weighted by Gasteiger charge is -2.27. The van der Waals surface area contributed by atoms with Crippen molar-refractivity contribution in [1.82, 2.24) is 10.2 Å². The highest BCUT2D eigenvalue weighted by Crippen LogP contribution is 2.35. The summed E-state index contributed by atoms with van der Waals surface area (Å²) in [7, 11) is 0. The van der Waals surface area contributed by atoms with Crippen LogP contribution in [0.4, 0.5) is 0 Å². The Morgan fingerprint density at radius 3 is 2.89 bits per heavy atom. The third kappa shape index (κ3) is 2.06. The lowest BCUT2D eigenvalue weighted by molar-refractivity contribution is 0.0711. The van der Waals surface area contributed by atoms with Crippen LogP contribution in [0, 0.1) is 18.8 Å². The first-order valence-corrected chi connectivity index (χ1v) is 7.29. The molecule has 1 aromatic rings. The van der Waals surface area contributed by atoms with Gasteiger partial charge in [-0.3, -0.25) is 4.79 Å². The summed E-state index contributed by atoms with van der Waals surface area (Å²) in [5.41, 5.74) is 1.95. The van der Waals surface area contributed by atoms with Crippen LogP contribution in [-0.2, 0) is 0 Å². The zero-order chi connectivity index (χ0) is 13.4. The molecule has 1 N–H and O–H groups in total. The van der Waals surface area contributed by atoms with Gasteiger partial charge in [-0.2, -0.15) is 0 Å². The standard InChI is InChI=1S/C16H22N2O/c1-3-15-14-9-17-8-12(14)10-18(15)16(19)13-7-5-4-6-11(13)2/h4-7,12,14-15,17H,3,8-10H2,1-2H3. The van der Waals surface area contributed by atoms with Crippen LogP contribution >= 0.6 is 0 Å². The number of aryl methyl sites for hydroxylation is 1. The van der Waals surface area contributed by atoms with Crippen molar-refractivity contribution in [3.8, 4) is 0 Å². The fourth-order valence-electron chi connectivity index (χ4n) is 3.75. The first kappa shape index (κ1) is 12.7. The molecule has 0 aromatic heterocycles. The van der Waals surface area contributed by atoms with Gasteiger partial charge in [0.05, 0.1) is 0 Å². The number of carbonyl (C=O) groups is 1. The molecule has 0 saturated carbocycles. The Balaban J connectivity index is 1.86.